The Balaban J connectivity index is 1.71. The van der Waals surface area contributed by atoms with Crippen molar-refractivity contribution in [2.24, 2.45) is 5.10 Å². The van der Waals surface area contributed by atoms with Crippen molar-refractivity contribution in [3.63, 3.8) is 0 Å². The highest BCUT2D eigenvalue weighted by molar-refractivity contribution is 7.14. The smallest absolute Gasteiger partial charge is 0.416 e. The maximum atomic E-state index is 12.7. The summed E-state index contributed by atoms with van der Waals surface area (Å²) < 4.78 is 48.7. The number of halogens is 3. The van der Waals surface area contributed by atoms with Gasteiger partial charge in [-0.3, -0.25) is 5.43 Å². The van der Waals surface area contributed by atoms with Crippen LogP contribution in [0, 0.1) is 0 Å². The molecule has 146 valence electrons. The number of hydrazone groups is 1. The average molecular weight is 407 g/mol. The molecule has 0 bridgehead atoms. The fraction of sp³-hybridized carbons (Fsp3) is 0.158. The van der Waals surface area contributed by atoms with E-state index in [0.717, 1.165) is 17.7 Å². The molecule has 2 aromatic carbocycles. The van der Waals surface area contributed by atoms with Crippen molar-refractivity contribution < 1.29 is 22.6 Å². The van der Waals surface area contributed by atoms with Crippen LogP contribution in [0.4, 0.5) is 18.3 Å². The van der Waals surface area contributed by atoms with E-state index in [1.54, 1.807) is 20.3 Å². The number of hydrogen-bond acceptors (Lipinski definition) is 6. The third kappa shape index (κ3) is 4.61. The van der Waals surface area contributed by atoms with Gasteiger partial charge in [0.25, 0.3) is 0 Å². The van der Waals surface area contributed by atoms with Crippen LogP contribution in [0.1, 0.15) is 11.1 Å². The number of aromatic nitrogens is 1. The monoisotopic (exact) mass is 407 g/mol. The van der Waals surface area contributed by atoms with E-state index in [4.69, 9.17) is 9.47 Å². The fourth-order valence-corrected chi connectivity index (χ4v) is 3.08. The fourth-order valence-electron chi connectivity index (χ4n) is 2.41. The second kappa shape index (κ2) is 8.30. The predicted octanol–water partition coefficient (Wildman–Crippen LogP) is 5.29. The minimum Gasteiger partial charge on any atom is -0.493 e. The number of ether oxygens (including phenoxy) is 2. The molecule has 1 aromatic heterocycles. The highest BCUT2D eigenvalue weighted by Gasteiger charge is 2.30. The average Bonchev–Trinajstić information content (AvgIpc) is 3.16. The Morgan fingerprint density at radius 1 is 1.07 bits per heavy atom. The van der Waals surface area contributed by atoms with Crippen LogP contribution >= 0.6 is 11.3 Å². The Morgan fingerprint density at radius 2 is 1.86 bits per heavy atom. The first-order valence-electron chi connectivity index (χ1n) is 8.05. The highest BCUT2D eigenvalue weighted by Crippen LogP contribution is 2.33. The van der Waals surface area contributed by atoms with Gasteiger partial charge in [-0.05, 0) is 35.9 Å². The van der Waals surface area contributed by atoms with Crippen LogP contribution in [0.25, 0.3) is 11.3 Å². The first-order valence-corrected chi connectivity index (χ1v) is 8.93. The molecular formula is C19H16F3N3O2S. The van der Waals surface area contributed by atoms with Crippen LogP contribution < -0.4 is 14.9 Å². The molecule has 0 atom stereocenters. The van der Waals surface area contributed by atoms with Gasteiger partial charge in [-0.1, -0.05) is 12.1 Å². The quantitative estimate of drug-likeness (QED) is 0.446. The molecule has 1 N–H and O–H groups in total. The summed E-state index contributed by atoms with van der Waals surface area (Å²) >= 11 is 1.32. The second-order valence-electron chi connectivity index (χ2n) is 5.60. The molecule has 0 aliphatic heterocycles. The van der Waals surface area contributed by atoms with Gasteiger partial charge in [0.05, 0.1) is 31.7 Å². The Labute approximate surface area is 163 Å². The van der Waals surface area contributed by atoms with Gasteiger partial charge in [0, 0.05) is 10.9 Å². The molecule has 0 unspecified atom stereocenters. The molecule has 3 aromatic rings. The summed E-state index contributed by atoms with van der Waals surface area (Å²) in [5, 5.41) is 6.31. The molecule has 3 rings (SSSR count). The molecule has 0 saturated heterocycles. The Kier molecular flexibility index (Phi) is 5.84. The molecule has 0 fully saturated rings. The minimum atomic E-state index is -4.39. The maximum Gasteiger partial charge on any atom is 0.416 e. The lowest BCUT2D eigenvalue weighted by Gasteiger charge is -2.08. The van der Waals surface area contributed by atoms with Crippen LogP contribution in [-0.2, 0) is 6.18 Å². The third-order valence-electron chi connectivity index (χ3n) is 3.77. The van der Waals surface area contributed by atoms with E-state index in [1.165, 1.54) is 29.7 Å². The highest BCUT2D eigenvalue weighted by atomic mass is 32.1. The Morgan fingerprint density at radius 3 is 2.57 bits per heavy atom. The number of methoxy groups -OCH3 is 2. The number of thiazole rings is 1. The number of anilines is 1. The SMILES string of the molecule is COc1ccc(-c2csc(N/N=C\c3cccc(C(F)(F)F)c3)n2)cc1OC. The van der Waals surface area contributed by atoms with Gasteiger partial charge in [-0.15, -0.1) is 11.3 Å². The molecule has 0 spiro atoms. The molecule has 9 heteroatoms. The summed E-state index contributed by atoms with van der Waals surface area (Å²) in [5.41, 5.74) is 3.89. The first-order chi connectivity index (χ1) is 13.4. The lowest BCUT2D eigenvalue weighted by atomic mass is 10.1. The first kappa shape index (κ1) is 19.7. The molecule has 28 heavy (non-hydrogen) atoms. The summed E-state index contributed by atoms with van der Waals surface area (Å²) in [6.07, 6.45) is -3.08. The summed E-state index contributed by atoms with van der Waals surface area (Å²) in [4.78, 5) is 4.42. The normalized spacial score (nSPS) is 11.6. The lowest BCUT2D eigenvalue weighted by molar-refractivity contribution is -0.137. The van der Waals surface area contributed by atoms with Crippen molar-refractivity contribution in [2.75, 3.05) is 19.6 Å². The van der Waals surface area contributed by atoms with Crippen molar-refractivity contribution in [3.8, 4) is 22.8 Å². The van der Waals surface area contributed by atoms with E-state index < -0.39 is 11.7 Å². The number of nitrogens with one attached hydrogen (secondary N) is 1. The summed E-state index contributed by atoms with van der Waals surface area (Å²) in [5.74, 6) is 1.20. The third-order valence-corrected chi connectivity index (χ3v) is 4.52. The zero-order chi connectivity index (χ0) is 20.1. The minimum absolute atomic E-state index is 0.332. The van der Waals surface area contributed by atoms with Crippen LogP contribution in [0.15, 0.2) is 52.9 Å². The molecule has 0 amide bonds. The zero-order valence-corrected chi connectivity index (χ0v) is 15.8. The van der Waals surface area contributed by atoms with Gasteiger partial charge in [0.2, 0.25) is 5.13 Å². The van der Waals surface area contributed by atoms with Crippen molar-refractivity contribution in [2.45, 2.75) is 6.18 Å². The van der Waals surface area contributed by atoms with E-state index in [1.807, 2.05) is 17.5 Å². The van der Waals surface area contributed by atoms with Gasteiger partial charge in [0.15, 0.2) is 11.5 Å². The second-order valence-corrected chi connectivity index (χ2v) is 6.46. The Bertz CT molecular complexity index is 987. The van der Waals surface area contributed by atoms with Crippen molar-refractivity contribution in [1.29, 1.82) is 0 Å². The standard InChI is InChI=1S/C19H16F3N3O2S/c1-26-16-7-6-13(9-17(16)27-2)15-11-28-18(24-15)25-23-10-12-4-3-5-14(8-12)19(20,21)22/h3-11H,1-2H3,(H,24,25)/b23-10-. The van der Waals surface area contributed by atoms with E-state index in [-0.39, 0.29) is 0 Å². The van der Waals surface area contributed by atoms with E-state index in [9.17, 15) is 13.2 Å². The molecule has 5 nitrogen and oxygen atoms in total. The zero-order valence-electron chi connectivity index (χ0n) is 14.9. The van der Waals surface area contributed by atoms with Crippen molar-refractivity contribution in [1.82, 2.24) is 4.98 Å². The van der Waals surface area contributed by atoms with Gasteiger partial charge in [-0.25, -0.2) is 4.98 Å². The van der Waals surface area contributed by atoms with Gasteiger partial charge in [-0.2, -0.15) is 18.3 Å². The molecule has 0 radical (unpaired) electrons. The van der Waals surface area contributed by atoms with Crippen molar-refractivity contribution >= 4 is 22.7 Å². The topological polar surface area (TPSA) is 55.7 Å². The maximum absolute atomic E-state index is 12.7. The summed E-state index contributed by atoms with van der Waals surface area (Å²) in [6.45, 7) is 0. The largest absolute Gasteiger partial charge is 0.493 e. The van der Waals surface area contributed by atoms with Gasteiger partial charge < -0.3 is 9.47 Å². The van der Waals surface area contributed by atoms with Crippen LogP contribution in [-0.4, -0.2) is 25.4 Å². The van der Waals surface area contributed by atoms with Crippen LogP contribution in [0.2, 0.25) is 0 Å². The van der Waals surface area contributed by atoms with Gasteiger partial charge >= 0.3 is 6.18 Å². The van der Waals surface area contributed by atoms with Gasteiger partial charge in [0.1, 0.15) is 0 Å². The number of nitrogens with zero attached hydrogens (tertiary/aromatic N) is 2. The molecular weight excluding hydrogens is 391 g/mol. The number of alkyl halides is 3. The molecule has 0 aliphatic rings. The molecule has 0 saturated carbocycles. The van der Waals surface area contributed by atoms with Crippen LogP contribution in [0.5, 0.6) is 11.5 Å². The van der Waals surface area contributed by atoms with E-state index in [0.29, 0.717) is 27.9 Å². The molecule has 1 heterocycles. The summed E-state index contributed by atoms with van der Waals surface area (Å²) in [7, 11) is 3.11. The Hall–Kier alpha value is -3.07. The number of rotatable bonds is 6. The van der Waals surface area contributed by atoms with Crippen LogP contribution in [0.3, 0.4) is 0 Å². The lowest BCUT2D eigenvalue weighted by Crippen LogP contribution is -2.05. The number of hydrogen-bond donors (Lipinski definition) is 1. The predicted molar refractivity (Wildman–Crippen MR) is 103 cm³/mol. The number of benzene rings is 2. The summed E-state index contributed by atoms with van der Waals surface area (Å²) in [6, 6.07) is 10.4. The molecule has 0 aliphatic carbocycles. The van der Waals surface area contributed by atoms with E-state index in [2.05, 4.69) is 15.5 Å². The van der Waals surface area contributed by atoms with E-state index >= 15 is 0 Å². The van der Waals surface area contributed by atoms with Crippen molar-refractivity contribution in [3.05, 3.63) is 59.0 Å².